The molecule has 1 aliphatic carbocycles. The first-order chi connectivity index (χ1) is 11.8. The van der Waals surface area contributed by atoms with E-state index in [0.29, 0.717) is 30.7 Å². The fourth-order valence-corrected chi connectivity index (χ4v) is 3.26. The van der Waals surface area contributed by atoms with Gasteiger partial charge in [-0.15, -0.1) is 10.2 Å². The average Bonchev–Trinajstić information content (AvgIpc) is 3.24. The van der Waals surface area contributed by atoms with E-state index in [9.17, 15) is 0 Å². The van der Waals surface area contributed by atoms with E-state index in [4.69, 9.17) is 10.3 Å². The van der Waals surface area contributed by atoms with Crippen LogP contribution >= 0.6 is 11.8 Å². The van der Waals surface area contributed by atoms with Crippen molar-refractivity contribution in [2.75, 3.05) is 0 Å². The summed E-state index contributed by atoms with van der Waals surface area (Å²) >= 11 is 1.54. The van der Waals surface area contributed by atoms with Gasteiger partial charge in [-0.25, -0.2) is 0 Å². The summed E-state index contributed by atoms with van der Waals surface area (Å²) in [7, 11) is 0. The van der Waals surface area contributed by atoms with E-state index in [1.54, 1.807) is 0 Å². The number of aromatic nitrogens is 5. The molecule has 4 rings (SSSR count). The molecule has 0 atom stereocenters. The molecule has 0 aliphatic heterocycles. The first kappa shape index (κ1) is 15.3. The van der Waals surface area contributed by atoms with Gasteiger partial charge in [0.15, 0.2) is 11.0 Å². The molecule has 2 heterocycles. The predicted molar refractivity (Wildman–Crippen MR) is 89.3 cm³/mol. The van der Waals surface area contributed by atoms with Crippen LogP contribution in [0.15, 0.2) is 40.0 Å². The molecule has 124 valence electrons. The smallest absolute Gasteiger partial charge is 0.237 e. The maximum atomic E-state index is 5.80. The highest BCUT2D eigenvalue weighted by Crippen LogP contribution is 2.38. The molecular weight excluding hydrogens is 324 g/mol. The third-order valence-corrected chi connectivity index (χ3v) is 4.86. The second kappa shape index (κ2) is 6.74. The van der Waals surface area contributed by atoms with Crippen LogP contribution in [0.1, 0.15) is 41.9 Å². The van der Waals surface area contributed by atoms with Crippen LogP contribution in [-0.2, 0) is 18.8 Å². The van der Waals surface area contributed by atoms with Crippen LogP contribution in [0.3, 0.4) is 0 Å². The maximum Gasteiger partial charge on any atom is 0.237 e. The zero-order valence-electron chi connectivity index (χ0n) is 13.1. The molecule has 0 saturated heterocycles. The number of thioether (sulfide) groups is 1. The van der Waals surface area contributed by atoms with E-state index in [1.165, 1.54) is 17.3 Å². The summed E-state index contributed by atoms with van der Waals surface area (Å²) in [6.07, 6.45) is 2.33. The van der Waals surface area contributed by atoms with Crippen LogP contribution in [0.25, 0.3) is 0 Å². The molecule has 1 aliphatic rings. The maximum absolute atomic E-state index is 5.80. The van der Waals surface area contributed by atoms with Gasteiger partial charge in [0.25, 0.3) is 0 Å². The Balaban J connectivity index is 1.48. The standard InChI is InChI=1S/C16H18N6OS/c17-8-13-19-20-16(22(13)9-11-4-2-1-3-5-11)24-10-14-18-15(21-23-14)12-6-7-12/h1-5,12H,6-10,17H2. The van der Waals surface area contributed by atoms with Crippen LogP contribution in [0, 0.1) is 0 Å². The van der Waals surface area contributed by atoms with Gasteiger partial charge in [0.2, 0.25) is 5.89 Å². The zero-order chi connectivity index (χ0) is 16.4. The van der Waals surface area contributed by atoms with Crippen LogP contribution < -0.4 is 5.73 Å². The van der Waals surface area contributed by atoms with Crippen molar-refractivity contribution in [2.45, 2.75) is 42.8 Å². The molecule has 24 heavy (non-hydrogen) atoms. The van der Waals surface area contributed by atoms with Gasteiger partial charge in [0.1, 0.15) is 5.82 Å². The summed E-state index contributed by atoms with van der Waals surface area (Å²) < 4.78 is 7.35. The minimum Gasteiger partial charge on any atom is -0.338 e. The highest BCUT2D eigenvalue weighted by atomic mass is 32.2. The van der Waals surface area contributed by atoms with Crippen LogP contribution in [0.4, 0.5) is 0 Å². The summed E-state index contributed by atoms with van der Waals surface area (Å²) in [5.74, 6) is 3.31. The molecule has 0 radical (unpaired) electrons. The molecule has 1 saturated carbocycles. The van der Waals surface area contributed by atoms with E-state index in [0.717, 1.165) is 29.6 Å². The highest BCUT2D eigenvalue weighted by molar-refractivity contribution is 7.98. The Labute approximate surface area is 143 Å². The van der Waals surface area contributed by atoms with Gasteiger partial charge in [-0.2, -0.15) is 4.98 Å². The summed E-state index contributed by atoms with van der Waals surface area (Å²) in [6.45, 7) is 1.05. The Morgan fingerprint density at radius 1 is 1.21 bits per heavy atom. The largest absolute Gasteiger partial charge is 0.338 e. The van der Waals surface area contributed by atoms with E-state index in [1.807, 2.05) is 22.8 Å². The first-order valence-corrected chi connectivity index (χ1v) is 8.93. The normalized spacial score (nSPS) is 14.2. The molecule has 0 amide bonds. The van der Waals surface area contributed by atoms with Crippen molar-refractivity contribution in [1.82, 2.24) is 24.9 Å². The Morgan fingerprint density at radius 3 is 2.79 bits per heavy atom. The molecule has 2 N–H and O–H groups in total. The molecule has 0 spiro atoms. The number of benzene rings is 1. The van der Waals surface area contributed by atoms with Crippen molar-refractivity contribution in [3.05, 3.63) is 53.4 Å². The molecule has 3 aromatic rings. The van der Waals surface area contributed by atoms with Crippen molar-refractivity contribution < 1.29 is 4.52 Å². The van der Waals surface area contributed by atoms with E-state index < -0.39 is 0 Å². The van der Waals surface area contributed by atoms with Crippen LogP contribution in [0.2, 0.25) is 0 Å². The van der Waals surface area contributed by atoms with Crippen LogP contribution in [0.5, 0.6) is 0 Å². The van der Waals surface area contributed by atoms with E-state index >= 15 is 0 Å². The third kappa shape index (κ3) is 3.34. The molecule has 0 unspecified atom stereocenters. The monoisotopic (exact) mass is 342 g/mol. The zero-order valence-corrected chi connectivity index (χ0v) is 13.9. The molecule has 2 aromatic heterocycles. The topological polar surface area (TPSA) is 95.7 Å². The summed E-state index contributed by atoms with van der Waals surface area (Å²) in [6, 6.07) is 10.2. The van der Waals surface area contributed by atoms with E-state index in [2.05, 4.69) is 32.5 Å². The van der Waals surface area contributed by atoms with Gasteiger partial charge in [0, 0.05) is 5.92 Å². The summed E-state index contributed by atoms with van der Waals surface area (Å²) in [5.41, 5.74) is 6.98. The van der Waals surface area contributed by atoms with Crippen molar-refractivity contribution in [3.8, 4) is 0 Å². The lowest BCUT2D eigenvalue weighted by Crippen LogP contribution is -2.10. The SMILES string of the molecule is NCc1nnc(SCc2nc(C3CC3)no2)n1Cc1ccccc1. The Morgan fingerprint density at radius 2 is 2.04 bits per heavy atom. The molecule has 8 heteroatoms. The van der Waals surface area contributed by atoms with Crippen molar-refractivity contribution in [3.63, 3.8) is 0 Å². The van der Waals surface area contributed by atoms with E-state index in [-0.39, 0.29) is 0 Å². The Hall–Kier alpha value is -2.19. The number of hydrogen-bond donors (Lipinski definition) is 1. The average molecular weight is 342 g/mol. The molecular formula is C16H18N6OS. The Kier molecular flexibility index (Phi) is 4.31. The molecule has 1 fully saturated rings. The quantitative estimate of drug-likeness (QED) is 0.658. The van der Waals surface area contributed by atoms with Crippen LogP contribution in [-0.4, -0.2) is 24.9 Å². The second-order valence-electron chi connectivity index (χ2n) is 5.78. The third-order valence-electron chi connectivity index (χ3n) is 3.91. The number of nitrogens with two attached hydrogens (primary N) is 1. The van der Waals surface area contributed by atoms with Gasteiger partial charge in [-0.05, 0) is 18.4 Å². The van der Waals surface area contributed by atoms with Crippen molar-refractivity contribution in [2.24, 2.45) is 5.73 Å². The Bertz CT molecular complexity index is 811. The fraction of sp³-hybridized carbons (Fsp3) is 0.375. The first-order valence-electron chi connectivity index (χ1n) is 7.95. The molecule has 1 aromatic carbocycles. The van der Waals surface area contributed by atoms with Gasteiger partial charge < -0.3 is 14.8 Å². The lowest BCUT2D eigenvalue weighted by atomic mass is 10.2. The minimum absolute atomic E-state index is 0.354. The van der Waals surface area contributed by atoms with Crippen molar-refractivity contribution in [1.29, 1.82) is 0 Å². The lowest BCUT2D eigenvalue weighted by Gasteiger charge is -2.08. The van der Waals surface area contributed by atoms with Gasteiger partial charge in [-0.1, -0.05) is 47.3 Å². The summed E-state index contributed by atoms with van der Waals surface area (Å²) in [5, 5.41) is 13.3. The molecule has 7 nitrogen and oxygen atoms in total. The highest BCUT2D eigenvalue weighted by Gasteiger charge is 2.28. The minimum atomic E-state index is 0.354. The number of nitrogens with zero attached hydrogens (tertiary/aromatic N) is 5. The van der Waals surface area contributed by atoms with Gasteiger partial charge >= 0.3 is 0 Å². The van der Waals surface area contributed by atoms with Gasteiger partial charge in [-0.3, -0.25) is 0 Å². The summed E-state index contributed by atoms with van der Waals surface area (Å²) in [4.78, 5) is 4.45. The number of rotatable bonds is 7. The predicted octanol–water partition coefficient (Wildman–Crippen LogP) is 2.34. The number of hydrogen-bond acceptors (Lipinski definition) is 7. The fourth-order valence-electron chi connectivity index (χ4n) is 2.46. The molecule has 0 bridgehead atoms. The van der Waals surface area contributed by atoms with Crippen molar-refractivity contribution >= 4 is 11.8 Å². The lowest BCUT2D eigenvalue weighted by molar-refractivity contribution is 0.385. The second-order valence-corrected chi connectivity index (χ2v) is 6.73. The van der Waals surface area contributed by atoms with Gasteiger partial charge in [0.05, 0.1) is 18.8 Å².